The van der Waals surface area contributed by atoms with Gasteiger partial charge in [0.25, 0.3) is 0 Å². The third-order valence-electron chi connectivity index (χ3n) is 2.66. The Bertz CT molecular complexity index is 125. The van der Waals surface area contributed by atoms with E-state index in [1.165, 1.54) is 6.42 Å². The van der Waals surface area contributed by atoms with Crippen LogP contribution in [0.5, 0.6) is 0 Å². The molecule has 66 valence electrons. The van der Waals surface area contributed by atoms with Crippen molar-refractivity contribution >= 4 is 0 Å². The molecule has 2 nitrogen and oxygen atoms in total. The second kappa shape index (κ2) is 3.55. The molecule has 1 unspecified atom stereocenters. The van der Waals surface area contributed by atoms with E-state index in [0.717, 1.165) is 6.42 Å². The van der Waals surface area contributed by atoms with Gasteiger partial charge in [-0.1, -0.05) is 0 Å². The van der Waals surface area contributed by atoms with Crippen LogP contribution in [0.2, 0.25) is 0 Å². The zero-order valence-electron chi connectivity index (χ0n) is 7.75. The SMILES string of the molecule is CC(C)N1C(CO)CC[C@H]1C. The quantitative estimate of drug-likeness (QED) is 0.652. The third-order valence-corrected chi connectivity index (χ3v) is 2.66. The van der Waals surface area contributed by atoms with Gasteiger partial charge in [-0.05, 0) is 33.6 Å². The molecule has 0 radical (unpaired) electrons. The predicted octanol–water partition coefficient (Wildman–Crippen LogP) is 1.24. The van der Waals surface area contributed by atoms with E-state index in [4.69, 9.17) is 5.11 Å². The lowest BCUT2D eigenvalue weighted by atomic mass is 10.2. The minimum Gasteiger partial charge on any atom is -0.395 e. The summed E-state index contributed by atoms with van der Waals surface area (Å²) in [6.07, 6.45) is 2.40. The maximum absolute atomic E-state index is 9.06. The molecule has 2 atom stereocenters. The van der Waals surface area contributed by atoms with Crippen molar-refractivity contribution in [2.75, 3.05) is 6.61 Å². The smallest absolute Gasteiger partial charge is 0.0587 e. The monoisotopic (exact) mass is 157 g/mol. The highest BCUT2D eigenvalue weighted by Crippen LogP contribution is 2.25. The van der Waals surface area contributed by atoms with E-state index < -0.39 is 0 Å². The summed E-state index contributed by atoms with van der Waals surface area (Å²) >= 11 is 0. The number of likely N-dealkylation sites (tertiary alicyclic amines) is 1. The third kappa shape index (κ3) is 1.74. The average Bonchev–Trinajstić information content (AvgIpc) is 2.30. The van der Waals surface area contributed by atoms with E-state index in [0.29, 0.717) is 24.7 Å². The minimum atomic E-state index is 0.322. The zero-order chi connectivity index (χ0) is 8.43. The summed E-state index contributed by atoms with van der Waals surface area (Å²) in [5.74, 6) is 0. The molecule has 0 aromatic rings. The summed E-state index contributed by atoms with van der Waals surface area (Å²) in [5, 5.41) is 9.06. The number of hydrogen-bond donors (Lipinski definition) is 1. The molecule has 1 heterocycles. The van der Waals surface area contributed by atoms with Crippen LogP contribution >= 0.6 is 0 Å². The van der Waals surface area contributed by atoms with Gasteiger partial charge in [0.15, 0.2) is 0 Å². The first-order valence-corrected chi connectivity index (χ1v) is 4.55. The van der Waals surface area contributed by atoms with E-state index in [-0.39, 0.29) is 0 Å². The number of aliphatic hydroxyl groups excluding tert-OH is 1. The summed E-state index contributed by atoms with van der Waals surface area (Å²) in [6.45, 7) is 6.97. The Balaban J connectivity index is 2.56. The first kappa shape index (κ1) is 9.01. The van der Waals surface area contributed by atoms with Gasteiger partial charge in [-0.15, -0.1) is 0 Å². The molecule has 11 heavy (non-hydrogen) atoms. The molecule has 1 aliphatic heterocycles. The Morgan fingerprint density at radius 3 is 2.45 bits per heavy atom. The van der Waals surface area contributed by atoms with Crippen LogP contribution in [-0.4, -0.2) is 34.7 Å². The fourth-order valence-corrected chi connectivity index (χ4v) is 2.21. The van der Waals surface area contributed by atoms with Gasteiger partial charge >= 0.3 is 0 Å². The van der Waals surface area contributed by atoms with Crippen molar-refractivity contribution in [1.82, 2.24) is 4.90 Å². The fourth-order valence-electron chi connectivity index (χ4n) is 2.21. The van der Waals surface area contributed by atoms with Crippen LogP contribution in [0.25, 0.3) is 0 Å². The van der Waals surface area contributed by atoms with Crippen LogP contribution in [0, 0.1) is 0 Å². The Labute approximate surface area is 69.2 Å². The van der Waals surface area contributed by atoms with Crippen molar-refractivity contribution < 1.29 is 5.11 Å². The number of nitrogens with zero attached hydrogens (tertiary/aromatic N) is 1. The van der Waals surface area contributed by atoms with Gasteiger partial charge < -0.3 is 5.11 Å². The fraction of sp³-hybridized carbons (Fsp3) is 1.00. The molecule has 1 rings (SSSR count). The molecule has 1 N–H and O–H groups in total. The molecule has 0 aliphatic carbocycles. The summed E-state index contributed by atoms with van der Waals surface area (Å²) in [4.78, 5) is 2.42. The van der Waals surface area contributed by atoms with Crippen molar-refractivity contribution in [2.45, 2.75) is 51.7 Å². The minimum absolute atomic E-state index is 0.322. The molecule has 0 amide bonds. The molecular weight excluding hydrogens is 138 g/mol. The number of aliphatic hydroxyl groups is 1. The lowest BCUT2D eigenvalue weighted by Crippen LogP contribution is -2.41. The Morgan fingerprint density at radius 1 is 1.45 bits per heavy atom. The molecule has 0 spiro atoms. The molecule has 1 saturated heterocycles. The topological polar surface area (TPSA) is 23.5 Å². The summed E-state index contributed by atoms with van der Waals surface area (Å²) in [6, 6.07) is 1.65. The van der Waals surface area contributed by atoms with E-state index in [1.807, 2.05) is 0 Å². The molecular formula is C9H19NO. The van der Waals surface area contributed by atoms with Crippen LogP contribution in [0.15, 0.2) is 0 Å². The highest BCUT2D eigenvalue weighted by molar-refractivity contribution is 4.86. The van der Waals surface area contributed by atoms with E-state index in [2.05, 4.69) is 25.7 Å². The second-order valence-corrected chi connectivity index (χ2v) is 3.80. The largest absolute Gasteiger partial charge is 0.395 e. The van der Waals surface area contributed by atoms with Gasteiger partial charge in [-0.2, -0.15) is 0 Å². The predicted molar refractivity (Wildman–Crippen MR) is 46.5 cm³/mol. The summed E-state index contributed by atoms with van der Waals surface area (Å²) in [5.41, 5.74) is 0. The maximum atomic E-state index is 9.06. The van der Waals surface area contributed by atoms with Gasteiger partial charge in [-0.25, -0.2) is 0 Å². The van der Waals surface area contributed by atoms with Gasteiger partial charge in [0.1, 0.15) is 0 Å². The molecule has 0 aromatic carbocycles. The Kier molecular flexibility index (Phi) is 2.90. The number of rotatable bonds is 2. The van der Waals surface area contributed by atoms with Crippen molar-refractivity contribution in [3.05, 3.63) is 0 Å². The first-order valence-electron chi connectivity index (χ1n) is 4.55. The van der Waals surface area contributed by atoms with Gasteiger partial charge in [0.2, 0.25) is 0 Å². The van der Waals surface area contributed by atoms with Crippen molar-refractivity contribution in [1.29, 1.82) is 0 Å². The molecule has 1 aliphatic rings. The van der Waals surface area contributed by atoms with Crippen LogP contribution < -0.4 is 0 Å². The molecule has 2 heteroatoms. The van der Waals surface area contributed by atoms with Crippen molar-refractivity contribution in [3.8, 4) is 0 Å². The van der Waals surface area contributed by atoms with Gasteiger partial charge in [-0.3, -0.25) is 4.90 Å². The van der Waals surface area contributed by atoms with E-state index in [9.17, 15) is 0 Å². The Hall–Kier alpha value is -0.0800. The molecule has 0 saturated carbocycles. The average molecular weight is 157 g/mol. The van der Waals surface area contributed by atoms with Gasteiger partial charge in [0.05, 0.1) is 6.61 Å². The van der Waals surface area contributed by atoms with E-state index >= 15 is 0 Å². The van der Waals surface area contributed by atoms with Crippen molar-refractivity contribution in [3.63, 3.8) is 0 Å². The second-order valence-electron chi connectivity index (χ2n) is 3.80. The normalized spacial score (nSPS) is 33.5. The highest BCUT2D eigenvalue weighted by atomic mass is 16.3. The van der Waals surface area contributed by atoms with Crippen LogP contribution in [0.3, 0.4) is 0 Å². The number of hydrogen-bond acceptors (Lipinski definition) is 2. The molecule has 0 aromatic heterocycles. The van der Waals surface area contributed by atoms with Crippen molar-refractivity contribution in [2.24, 2.45) is 0 Å². The lowest BCUT2D eigenvalue weighted by Gasteiger charge is -2.30. The Morgan fingerprint density at radius 2 is 2.09 bits per heavy atom. The summed E-state index contributed by atoms with van der Waals surface area (Å²) in [7, 11) is 0. The lowest BCUT2D eigenvalue weighted by molar-refractivity contribution is 0.105. The zero-order valence-corrected chi connectivity index (χ0v) is 7.75. The van der Waals surface area contributed by atoms with Crippen LogP contribution in [-0.2, 0) is 0 Å². The summed E-state index contributed by atoms with van der Waals surface area (Å²) < 4.78 is 0. The molecule has 0 bridgehead atoms. The highest BCUT2D eigenvalue weighted by Gasteiger charge is 2.31. The maximum Gasteiger partial charge on any atom is 0.0587 e. The van der Waals surface area contributed by atoms with E-state index in [1.54, 1.807) is 0 Å². The first-order chi connectivity index (χ1) is 5.16. The van der Waals surface area contributed by atoms with Gasteiger partial charge in [0, 0.05) is 18.1 Å². The standard InChI is InChI=1S/C9H19NO/c1-7(2)10-8(3)4-5-9(10)6-11/h7-9,11H,4-6H2,1-3H3/t8-,9?/m1/s1. The van der Waals surface area contributed by atoms with Crippen LogP contribution in [0.4, 0.5) is 0 Å². The van der Waals surface area contributed by atoms with Crippen LogP contribution in [0.1, 0.15) is 33.6 Å². The molecule has 1 fully saturated rings.